The summed E-state index contributed by atoms with van der Waals surface area (Å²) in [6.07, 6.45) is 2.26. The summed E-state index contributed by atoms with van der Waals surface area (Å²) < 4.78 is 18.4. The maximum Gasteiger partial charge on any atom is 0.251 e. The molecule has 3 rings (SSSR count). The predicted octanol–water partition coefficient (Wildman–Crippen LogP) is 1.23. The Bertz CT molecular complexity index is 540. The molecular weight excluding hydrogens is 275 g/mol. The highest BCUT2D eigenvalue weighted by Crippen LogP contribution is 2.23. The lowest BCUT2D eigenvalue weighted by Crippen LogP contribution is -2.41. The number of hydrogen-bond acceptors (Lipinski definition) is 4. The Kier molecular flexibility index (Phi) is 3.98. The van der Waals surface area contributed by atoms with E-state index in [1.54, 1.807) is 0 Å². The van der Waals surface area contributed by atoms with Gasteiger partial charge in [-0.3, -0.25) is 9.59 Å². The highest BCUT2D eigenvalue weighted by atomic mass is 19.1. The van der Waals surface area contributed by atoms with Crippen molar-refractivity contribution in [3.63, 3.8) is 0 Å². The number of carbonyl (C=O) groups excluding carboxylic acids is 2. The number of amides is 2. The normalized spacial score (nSPS) is 25.9. The molecule has 0 bridgehead atoms. The fourth-order valence-electron chi connectivity index (χ4n) is 2.73. The molecule has 2 aliphatic heterocycles. The molecule has 2 aliphatic rings. The van der Waals surface area contributed by atoms with Gasteiger partial charge in [0.25, 0.3) is 5.91 Å². The summed E-state index contributed by atoms with van der Waals surface area (Å²) in [4.78, 5) is 25.4. The molecule has 1 aromatic rings. The average molecular weight is 292 g/mol. The Hall–Kier alpha value is -1.79. The summed E-state index contributed by atoms with van der Waals surface area (Å²) in [6.45, 7) is 1.33. The fraction of sp³-hybridized carbons (Fsp3) is 0.467. The van der Waals surface area contributed by atoms with Crippen LogP contribution in [0, 0.1) is 5.82 Å². The van der Waals surface area contributed by atoms with Crippen LogP contribution in [0.2, 0.25) is 0 Å². The van der Waals surface area contributed by atoms with Gasteiger partial charge in [-0.2, -0.15) is 0 Å². The third-order valence-corrected chi connectivity index (χ3v) is 3.85. The standard InChI is InChI=1S/C15H17FN2O3/c16-10-3-5-11(6-4-10)18-14(19)8-13(15(18)20)17-9-12-2-1-7-21-12/h3-6,12-13,17H,1-2,7-9H2/t12-,13-/m0/s1. The first-order valence-electron chi connectivity index (χ1n) is 7.12. The number of ether oxygens (including phenoxy) is 1. The minimum Gasteiger partial charge on any atom is -0.377 e. The van der Waals surface area contributed by atoms with Gasteiger partial charge in [-0.1, -0.05) is 0 Å². The molecule has 1 aromatic carbocycles. The first-order valence-corrected chi connectivity index (χ1v) is 7.12. The fourth-order valence-corrected chi connectivity index (χ4v) is 2.73. The number of benzene rings is 1. The number of nitrogens with one attached hydrogen (secondary N) is 1. The molecule has 0 unspecified atom stereocenters. The van der Waals surface area contributed by atoms with Crippen molar-refractivity contribution in [2.75, 3.05) is 18.1 Å². The molecule has 2 fully saturated rings. The number of nitrogens with zero attached hydrogens (tertiary/aromatic N) is 1. The Labute approximate surface area is 122 Å². The van der Waals surface area contributed by atoms with E-state index in [9.17, 15) is 14.0 Å². The molecule has 0 aromatic heterocycles. The Balaban J connectivity index is 1.65. The second-order valence-electron chi connectivity index (χ2n) is 5.34. The molecule has 21 heavy (non-hydrogen) atoms. The van der Waals surface area contributed by atoms with Crippen LogP contribution in [-0.4, -0.2) is 37.1 Å². The van der Waals surface area contributed by atoms with Crippen molar-refractivity contribution in [1.82, 2.24) is 5.32 Å². The zero-order valence-corrected chi connectivity index (χ0v) is 11.5. The lowest BCUT2D eigenvalue weighted by molar-refractivity contribution is -0.121. The van der Waals surface area contributed by atoms with E-state index in [1.807, 2.05) is 0 Å². The second kappa shape index (κ2) is 5.91. The van der Waals surface area contributed by atoms with E-state index in [0.29, 0.717) is 12.2 Å². The van der Waals surface area contributed by atoms with Gasteiger partial charge in [0.05, 0.1) is 24.3 Å². The van der Waals surface area contributed by atoms with Gasteiger partial charge in [0.1, 0.15) is 5.82 Å². The van der Waals surface area contributed by atoms with Crippen LogP contribution in [0.25, 0.3) is 0 Å². The summed E-state index contributed by atoms with van der Waals surface area (Å²) in [7, 11) is 0. The quantitative estimate of drug-likeness (QED) is 0.848. The molecule has 112 valence electrons. The number of carbonyl (C=O) groups is 2. The largest absolute Gasteiger partial charge is 0.377 e. The molecule has 0 aliphatic carbocycles. The predicted molar refractivity (Wildman–Crippen MR) is 74.3 cm³/mol. The van der Waals surface area contributed by atoms with Crippen molar-refractivity contribution in [1.29, 1.82) is 0 Å². The van der Waals surface area contributed by atoms with Gasteiger partial charge in [-0.05, 0) is 37.1 Å². The van der Waals surface area contributed by atoms with E-state index in [4.69, 9.17) is 4.74 Å². The minimum absolute atomic E-state index is 0.118. The highest BCUT2D eigenvalue weighted by Gasteiger charge is 2.39. The lowest BCUT2D eigenvalue weighted by atomic mass is 10.2. The minimum atomic E-state index is -0.522. The highest BCUT2D eigenvalue weighted by molar-refractivity contribution is 6.22. The van der Waals surface area contributed by atoms with Gasteiger partial charge in [0, 0.05) is 13.2 Å². The van der Waals surface area contributed by atoms with Gasteiger partial charge in [-0.25, -0.2) is 9.29 Å². The van der Waals surface area contributed by atoms with Crippen LogP contribution in [0.3, 0.4) is 0 Å². The van der Waals surface area contributed by atoms with Crippen molar-refractivity contribution in [3.8, 4) is 0 Å². The first-order chi connectivity index (χ1) is 10.1. The van der Waals surface area contributed by atoms with E-state index in [0.717, 1.165) is 24.3 Å². The second-order valence-corrected chi connectivity index (χ2v) is 5.34. The smallest absolute Gasteiger partial charge is 0.251 e. The summed E-state index contributed by atoms with van der Waals surface area (Å²) in [5.74, 6) is -0.952. The Morgan fingerprint density at radius 2 is 2.05 bits per heavy atom. The summed E-state index contributed by atoms with van der Waals surface area (Å²) >= 11 is 0. The molecule has 2 heterocycles. The number of imide groups is 1. The van der Waals surface area contributed by atoms with Crippen molar-refractivity contribution in [3.05, 3.63) is 30.1 Å². The Morgan fingerprint density at radius 1 is 1.29 bits per heavy atom. The molecule has 5 nitrogen and oxygen atoms in total. The van der Waals surface area contributed by atoms with Gasteiger partial charge >= 0.3 is 0 Å². The maximum atomic E-state index is 12.9. The molecule has 2 amide bonds. The third-order valence-electron chi connectivity index (χ3n) is 3.85. The SMILES string of the molecule is O=C1C[C@H](NC[C@@H]2CCCO2)C(=O)N1c1ccc(F)cc1. The Morgan fingerprint density at radius 3 is 2.71 bits per heavy atom. The van der Waals surface area contributed by atoms with E-state index in [-0.39, 0.29) is 24.3 Å². The number of anilines is 1. The van der Waals surface area contributed by atoms with E-state index >= 15 is 0 Å². The van der Waals surface area contributed by atoms with E-state index in [2.05, 4.69) is 5.32 Å². The van der Waals surface area contributed by atoms with Crippen molar-refractivity contribution in [2.24, 2.45) is 0 Å². The van der Waals surface area contributed by atoms with Gasteiger partial charge in [0.2, 0.25) is 5.91 Å². The maximum absolute atomic E-state index is 12.9. The number of hydrogen-bond donors (Lipinski definition) is 1. The van der Waals surface area contributed by atoms with Crippen LogP contribution in [0.1, 0.15) is 19.3 Å². The van der Waals surface area contributed by atoms with Gasteiger partial charge < -0.3 is 10.1 Å². The zero-order chi connectivity index (χ0) is 14.8. The van der Waals surface area contributed by atoms with E-state index < -0.39 is 11.9 Å². The van der Waals surface area contributed by atoms with Crippen molar-refractivity contribution < 1.29 is 18.7 Å². The third kappa shape index (κ3) is 2.96. The van der Waals surface area contributed by atoms with Crippen LogP contribution in [-0.2, 0) is 14.3 Å². The number of halogens is 1. The van der Waals surface area contributed by atoms with Crippen LogP contribution >= 0.6 is 0 Å². The topological polar surface area (TPSA) is 58.6 Å². The molecule has 0 radical (unpaired) electrons. The van der Waals surface area contributed by atoms with Crippen LogP contribution < -0.4 is 10.2 Å². The molecular formula is C15H17FN2O3. The van der Waals surface area contributed by atoms with Crippen LogP contribution in [0.15, 0.2) is 24.3 Å². The number of rotatable bonds is 4. The molecule has 6 heteroatoms. The van der Waals surface area contributed by atoms with Crippen LogP contribution in [0.5, 0.6) is 0 Å². The summed E-state index contributed by atoms with van der Waals surface area (Å²) in [5.41, 5.74) is 0.410. The molecule has 2 saturated heterocycles. The lowest BCUT2D eigenvalue weighted by Gasteiger charge is -2.17. The average Bonchev–Trinajstić information content (AvgIpc) is 3.07. The molecule has 0 saturated carbocycles. The van der Waals surface area contributed by atoms with Crippen molar-refractivity contribution >= 4 is 17.5 Å². The molecule has 2 atom stereocenters. The molecule has 1 N–H and O–H groups in total. The summed E-state index contributed by atoms with van der Waals surface area (Å²) in [5, 5.41) is 3.10. The van der Waals surface area contributed by atoms with E-state index in [1.165, 1.54) is 24.3 Å². The van der Waals surface area contributed by atoms with Crippen LogP contribution in [0.4, 0.5) is 10.1 Å². The zero-order valence-electron chi connectivity index (χ0n) is 11.5. The van der Waals surface area contributed by atoms with Gasteiger partial charge in [0.15, 0.2) is 0 Å². The summed E-state index contributed by atoms with van der Waals surface area (Å²) in [6, 6.07) is 4.83. The first kappa shape index (κ1) is 14.2. The van der Waals surface area contributed by atoms with Crippen molar-refractivity contribution in [2.45, 2.75) is 31.4 Å². The molecule has 0 spiro atoms. The van der Waals surface area contributed by atoms with Gasteiger partial charge in [-0.15, -0.1) is 0 Å². The monoisotopic (exact) mass is 292 g/mol.